The molecule has 0 aliphatic carbocycles. The second-order valence-electron chi connectivity index (χ2n) is 3.74. The van der Waals surface area contributed by atoms with Crippen LogP contribution in [0.1, 0.15) is 10.4 Å². The predicted octanol–water partition coefficient (Wildman–Crippen LogP) is 3.06. The number of aromatic carboxylic acids is 1. The summed E-state index contributed by atoms with van der Waals surface area (Å²) in [7, 11) is 0. The van der Waals surface area contributed by atoms with Gasteiger partial charge in [0.05, 0.1) is 21.5 Å². The van der Waals surface area contributed by atoms with E-state index in [0.717, 1.165) is 16.0 Å². The molecule has 0 saturated heterocycles. The Morgan fingerprint density at radius 3 is 2.89 bits per heavy atom. The monoisotopic (exact) mass is 256 g/mol. The minimum absolute atomic E-state index is 0.251. The fraction of sp³-hybridized carbons (Fsp3) is 0. The molecule has 4 nitrogen and oxygen atoms in total. The molecule has 0 unspecified atom stereocenters. The Labute approximate surface area is 107 Å². The summed E-state index contributed by atoms with van der Waals surface area (Å²) in [5.74, 6) is -0.947. The van der Waals surface area contributed by atoms with Gasteiger partial charge in [-0.2, -0.15) is 0 Å². The lowest BCUT2D eigenvalue weighted by atomic mass is 10.2. The van der Waals surface area contributed by atoms with Crippen molar-refractivity contribution in [2.24, 2.45) is 0 Å². The second kappa shape index (κ2) is 4.19. The minimum atomic E-state index is -0.947. The van der Waals surface area contributed by atoms with E-state index < -0.39 is 5.97 Å². The van der Waals surface area contributed by atoms with E-state index in [4.69, 9.17) is 5.11 Å². The number of carbonyl (C=O) groups is 1. The Bertz CT molecular complexity index is 722. The first-order valence-electron chi connectivity index (χ1n) is 5.27. The zero-order valence-electron chi connectivity index (χ0n) is 9.20. The van der Waals surface area contributed by atoms with Crippen molar-refractivity contribution in [2.45, 2.75) is 0 Å². The maximum Gasteiger partial charge on any atom is 0.338 e. The summed E-state index contributed by atoms with van der Waals surface area (Å²) in [6.07, 6.45) is 3.40. The quantitative estimate of drug-likeness (QED) is 0.765. The van der Waals surface area contributed by atoms with Gasteiger partial charge in [-0.1, -0.05) is 0 Å². The van der Waals surface area contributed by atoms with Crippen molar-refractivity contribution >= 4 is 27.5 Å². The van der Waals surface area contributed by atoms with Crippen LogP contribution in [0.15, 0.2) is 42.0 Å². The number of thiophene rings is 1. The Kier molecular flexibility index (Phi) is 2.53. The number of carboxylic acid groups (broad SMARTS) is 1. The summed E-state index contributed by atoms with van der Waals surface area (Å²) in [4.78, 5) is 19.5. The van der Waals surface area contributed by atoms with Gasteiger partial charge in [-0.3, -0.25) is 4.98 Å². The molecule has 0 atom stereocenters. The first-order valence-corrected chi connectivity index (χ1v) is 6.15. The van der Waals surface area contributed by atoms with E-state index in [1.807, 2.05) is 24.3 Å². The zero-order chi connectivity index (χ0) is 12.5. The largest absolute Gasteiger partial charge is 0.478 e. The highest BCUT2D eigenvalue weighted by Crippen LogP contribution is 2.27. The zero-order valence-corrected chi connectivity index (χ0v) is 10.0. The first-order chi connectivity index (χ1) is 8.75. The summed E-state index contributed by atoms with van der Waals surface area (Å²) in [6, 6.07) is 7.49. The molecular weight excluding hydrogens is 248 g/mol. The average molecular weight is 256 g/mol. The SMILES string of the molecule is O=C(O)c1csc2ccc(-c3cccnc3)nc12. The van der Waals surface area contributed by atoms with Crippen LogP contribution in [0.2, 0.25) is 0 Å². The molecule has 18 heavy (non-hydrogen) atoms. The average Bonchev–Trinajstić information content (AvgIpc) is 2.82. The fourth-order valence-corrected chi connectivity index (χ4v) is 2.61. The molecule has 3 heterocycles. The third-order valence-corrected chi connectivity index (χ3v) is 3.54. The number of hydrogen-bond donors (Lipinski definition) is 1. The summed E-state index contributed by atoms with van der Waals surface area (Å²) >= 11 is 1.39. The van der Waals surface area contributed by atoms with Crippen molar-refractivity contribution in [3.05, 3.63) is 47.6 Å². The highest BCUT2D eigenvalue weighted by Gasteiger charge is 2.13. The smallest absolute Gasteiger partial charge is 0.338 e. The Balaban J connectivity index is 2.21. The van der Waals surface area contributed by atoms with Gasteiger partial charge in [-0.05, 0) is 24.3 Å². The van der Waals surface area contributed by atoms with E-state index in [2.05, 4.69) is 9.97 Å². The Hall–Kier alpha value is -2.27. The Morgan fingerprint density at radius 1 is 1.28 bits per heavy atom. The summed E-state index contributed by atoms with van der Waals surface area (Å²) < 4.78 is 0.875. The number of pyridine rings is 2. The molecule has 0 aliphatic heterocycles. The topological polar surface area (TPSA) is 63.1 Å². The van der Waals surface area contributed by atoms with Gasteiger partial charge in [0.2, 0.25) is 0 Å². The van der Waals surface area contributed by atoms with Gasteiger partial charge in [-0.15, -0.1) is 11.3 Å². The number of carboxylic acids is 1. The number of fused-ring (bicyclic) bond motifs is 1. The number of nitrogens with zero attached hydrogens (tertiary/aromatic N) is 2. The number of hydrogen-bond acceptors (Lipinski definition) is 4. The molecule has 0 spiro atoms. The predicted molar refractivity (Wildman–Crippen MR) is 69.8 cm³/mol. The van der Waals surface area contributed by atoms with E-state index in [0.29, 0.717) is 5.52 Å². The van der Waals surface area contributed by atoms with Crippen molar-refractivity contribution in [3.63, 3.8) is 0 Å². The second-order valence-corrected chi connectivity index (χ2v) is 4.65. The number of aromatic nitrogens is 2. The Morgan fingerprint density at radius 2 is 2.17 bits per heavy atom. The van der Waals surface area contributed by atoms with Gasteiger partial charge in [-0.25, -0.2) is 9.78 Å². The molecule has 0 saturated carbocycles. The molecule has 3 aromatic heterocycles. The molecule has 1 N–H and O–H groups in total. The molecule has 0 aromatic carbocycles. The van der Waals surface area contributed by atoms with E-state index in [1.165, 1.54) is 11.3 Å². The third-order valence-electron chi connectivity index (χ3n) is 2.60. The van der Waals surface area contributed by atoms with E-state index in [1.54, 1.807) is 17.8 Å². The van der Waals surface area contributed by atoms with Crippen LogP contribution in [-0.4, -0.2) is 21.0 Å². The standard InChI is InChI=1S/C13H8N2O2S/c16-13(17)9-7-18-11-4-3-10(15-12(9)11)8-2-1-5-14-6-8/h1-7H,(H,16,17). The molecule has 3 aromatic rings. The molecule has 0 fully saturated rings. The highest BCUT2D eigenvalue weighted by atomic mass is 32.1. The maximum absolute atomic E-state index is 11.1. The molecule has 88 valence electrons. The van der Waals surface area contributed by atoms with Crippen molar-refractivity contribution < 1.29 is 9.90 Å². The van der Waals surface area contributed by atoms with Crippen LogP contribution in [0, 0.1) is 0 Å². The van der Waals surface area contributed by atoms with Crippen molar-refractivity contribution in [1.29, 1.82) is 0 Å². The molecule has 0 bridgehead atoms. The van der Waals surface area contributed by atoms with E-state index in [9.17, 15) is 4.79 Å². The van der Waals surface area contributed by atoms with Crippen LogP contribution in [0.25, 0.3) is 21.5 Å². The first kappa shape index (κ1) is 10.9. The summed E-state index contributed by atoms with van der Waals surface area (Å²) in [5, 5.41) is 10.7. The maximum atomic E-state index is 11.1. The van der Waals surface area contributed by atoms with Gasteiger partial charge in [0, 0.05) is 23.3 Å². The molecular formula is C13H8N2O2S. The number of rotatable bonds is 2. The normalized spacial score (nSPS) is 10.7. The van der Waals surface area contributed by atoms with Gasteiger partial charge >= 0.3 is 5.97 Å². The van der Waals surface area contributed by atoms with E-state index in [-0.39, 0.29) is 5.56 Å². The van der Waals surface area contributed by atoms with Crippen molar-refractivity contribution in [1.82, 2.24) is 9.97 Å². The molecule has 3 rings (SSSR count). The van der Waals surface area contributed by atoms with Crippen LogP contribution < -0.4 is 0 Å². The minimum Gasteiger partial charge on any atom is -0.478 e. The van der Waals surface area contributed by atoms with Gasteiger partial charge < -0.3 is 5.11 Å². The van der Waals surface area contributed by atoms with Crippen LogP contribution in [0.3, 0.4) is 0 Å². The fourth-order valence-electron chi connectivity index (χ4n) is 1.74. The van der Waals surface area contributed by atoms with Gasteiger partial charge in [0.1, 0.15) is 0 Å². The van der Waals surface area contributed by atoms with Crippen molar-refractivity contribution in [2.75, 3.05) is 0 Å². The van der Waals surface area contributed by atoms with Crippen molar-refractivity contribution in [3.8, 4) is 11.3 Å². The van der Waals surface area contributed by atoms with Crippen LogP contribution in [-0.2, 0) is 0 Å². The summed E-state index contributed by atoms with van der Waals surface area (Å²) in [6.45, 7) is 0. The van der Waals surface area contributed by atoms with Gasteiger partial charge in [0.15, 0.2) is 0 Å². The lowest BCUT2D eigenvalue weighted by molar-refractivity contribution is 0.0699. The lowest BCUT2D eigenvalue weighted by Crippen LogP contribution is -1.95. The molecule has 0 aliphatic rings. The highest BCUT2D eigenvalue weighted by molar-refractivity contribution is 7.17. The molecule has 5 heteroatoms. The van der Waals surface area contributed by atoms with Crippen LogP contribution in [0.4, 0.5) is 0 Å². The summed E-state index contributed by atoms with van der Waals surface area (Å²) in [5.41, 5.74) is 2.40. The van der Waals surface area contributed by atoms with E-state index >= 15 is 0 Å². The lowest BCUT2D eigenvalue weighted by Gasteiger charge is -2.00. The third kappa shape index (κ3) is 1.74. The van der Waals surface area contributed by atoms with Crippen LogP contribution >= 0.6 is 11.3 Å². The molecule has 0 amide bonds. The van der Waals surface area contributed by atoms with Gasteiger partial charge in [0.25, 0.3) is 0 Å². The van der Waals surface area contributed by atoms with Crippen LogP contribution in [0.5, 0.6) is 0 Å². The molecule has 0 radical (unpaired) electrons.